The van der Waals surface area contributed by atoms with Gasteiger partial charge in [0.2, 0.25) is 5.91 Å². The number of aliphatic carboxylic acids is 1. The monoisotopic (exact) mass is 407 g/mol. The molecule has 10 heteroatoms. The standard InChI is InChI=1S/C12H8BrClFN3O3S/c13-6-2-1-5(10(15)9(6)14)4-16-18-12-17-11(21)7(22-12)3-8(19)20/h1-2,4,7H,3H2,(H,19,20)(H,17,18,21). The Kier molecular flexibility index (Phi) is 5.54. The van der Waals surface area contributed by atoms with Gasteiger partial charge in [-0.2, -0.15) is 5.10 Å². The number of nitrogens with one attached hydrogen (secondary N) is 1. The van der Waals surface area contributed by atoms with E-state index >= 15 is 0 Å². The number of hydrogen-bond donors (Lipinski definition) is 2. The maximum Gasteiger partial charge on any atom is 0.305 e. The van der Waals surface area contributed by atoms with Gasteiger partial charge in [0.25, 0.3) is 0 Å². The number of amidine groups is 1. The molecule has 22 heavy (non-hydrogen) atoms. The lowest BCUT2D eigenvalue weighted by Gasteiger charge is -2.00. The maximum absolute atomic E-state index is 13.8. The molecular weight excluding hydrogens is 401 g/mol. The van der Waals surface area contributed by atoms with Crippen molar-refractivity contribution in [2.24, 2.45) is 10.2 Å². The van der Waals surface area contributed by atoms with Crippen LogP contribution in [0.2, 0.25) is 5.02 Å². The van der Waals surface area contributed by atoms with E-state index in [9.17, 15) is 14.0 Å². The lowest BCUT2D eigenvalue weighted by Crippen LogP contribution is -2.26. The fraction of sp³-hybridized carbons (Fsp3) is 0.167. The van der Waals surface area contributed by atoms with E-state index in [4.69, 9.17) is 16.7 Å². The molecule has 1 unspecified atom stereocenters. The summed E-state index contributed by atoms with van der Waals surface area (Å²) in [5.74, 6) is -2.17. The van der Waals surface area contributed by atoms with Gasteiger partial charge in [0, 0.05) is 10.0 Å². The molecule has 0 aromatic heterocycles. The summed E-state index contributed by atoms with van der Waals surface area (Å²) < 4.78 is 14.2. The molecule has 0 saturated carbocycles. The summed E-state index contributed by atoms with van der Waals surface area (Å²) >= 11 is 9.79. The molecule has 1 aromatic rings. The second-order valence-corrected chi connectivity index (χ2v) is 6.53. The highest BCUT2D eigenvalue weighted by Crippen LogP contribution is 2.27. The topological polar surface area (TPSA) is 91.1 Å². The number of carbonyl (C=O) groups excluding carboxylic acids is 1. The van der Waals surface area contributed by atoms with Crippen LogP contribution in [0, 0.1) is 5.82 Å². The van der Waals surface area contributed by atoms with Gasteiger partial charge in [-0.3, -0.25) is 9.59 Å². The summed E-state index contributed by atoms with van der Waals surface area (Å²) in [6.45, 7) is 0. The van der Waals surface area contributed by atoms with Crippen LogP contribution in [0.3, 0.4) is 0 Å². The number of thioether (sulfide) groups is 1. The Hall–Kier alpha value is -1.45. The number of halogens is 3. The molecule has 1 amide bonds. The van der Waals surface area contributed by atoms with E-state index in [2.05, 4.69) is 31.4 Å². The average molecular weight is 409 g/mol. The highest BCUT2D eigenvalue weighted by molar-refractivity contribution is 9.10. The fourth-order valence-corrected chi connectivity index (χ4v) is 2.92. The molecule has 2 rings (SSSR count). The smallest absolute Gasteiger partial charge is 0.305 e. The lowest BCUT2D eigenvalue weighted by atomic mass is 10.2. The molecule has 6 nitrogen and oxygen atoms in total. The number of carboxylic acid groups (broad SMARTS) is 1. The summed E-state index contributed by atoms with van der Waals surface area (Å²) in [7, 11) is 0. The van der Waals surface area contributed by atoms with Crippen LogP contribution in [0.1, 0.15) is 12.0 Å². The molecule has 1 atom stereocenters. The summed E-state index contributed by atoms with van der Waals surface area (Å²) in [6, 6.07) is 3.03. The van der Waals surface area contributed by atoms with Gasteiger partial charge in [-0.05, 0) is 28.1 Å². The number of carbonyl (C=O) groups is 2. The minimum atomic E-state index is -1.08. The van der Waals surface area contributed by atoms with Crippen molar-refractivity contribution in [1.29, 1.82) is 0 Å². The third kappa shape index (κ3) is 4.05. The Bertz CT molecular complexity index is 698. The zero-order chi connectivity index (χ0) is 16.3. The number of nitrogens with zero attached hydrogens (tertiary/aromatic N) is 2. The Balaban J connectivity index is 2.08. The van der Waals surface area contributed by atoms with Crippen molar-refractivity contribution in [1.82, 2.24) is 5.32 Å². The van der Waals surface area contributed by atoms with Gasteiger partial charge in [-0.25, -0.2) is 4.39 Å². The van der Waals surface area contributed by atoms with Crippen molar-refractivity contribution in [2.45, 2.75) is 11.7 Å². The molecule has 1 heterocycles. The molecule has 0 bridgehead atoms. The van der Waals surface area contributed by atoms with E-state index in [0.717, 1.165) is 18.0 Å². The van der Waals surface area contributed by atoms with Crippen LogP contribution >= 0.6 is 39.3 Å². The first-order chi connectivity index (χ1) is 10.4. The molecule has 0 radical (unpaired) electrons. The van der Waals surface area contributed by atoms with Gasteiger partial charge < -0.3 is 10.4 Å². The van der Waals surface area contributed by atoms with Crippen molar-refractivity contribution in [2.75, 3.05) is 0 Å². The van der Waals surface area contributed by atoms with E-state index in [0.29, 0.717) is 4.47 Å². The van der Waals surface area contributed by atoms with Crippen LogP contribution in [-0.4, -0.2) is 33.6 Å². The lowest BCUT2D eigenvalue weighted by molar-refractivity contribution is -0.138. The molecule has 1 fully saturated rings. The van der Waals surface area contributed by atoms with Gasteiger partial charge >= 0.3 is 5.97 Å². The zero-order valence-corrected chi connectivity index (χ0v) is 13.9. The highest BCUT2D eigenvalue weighted by Gasteiger charge is 2.32. The van der Waals surface area contributed by atoms with E-state index in [1.165, 1.54) is 6.07 Å². The minimum Gasteiger partial charge on any atom is -0.481 e. The van der Waals surface area contributed by atoms with Crippen LogP contribution in [0.4, 0.5) is 4.39 Å². The molecule has 0 aliphatic carbocycles. The van der Waals surface area contributed by atoms with Crippen LogP contribution < -0.4 is 5.32 Å². The van der Waals surface area contributed by atoms with E-state index < -0.39 is 22.9 Å². The number of amides is 1. The number of rotatable bonds is 4. The first kappa shape index (κ1) is 16.9. The van der Waals surface area contributed by atoms with Crippen LogP contribution in [-0.2, 0) is 9.59 Å². The van der Waals surface area contributed by atoms with Crippen LogP contribution in [0.5, 0.6) is 0 Å². The van der Waals surface area contributed by atoms with Gasteiger partial charge in [0.1, 0.15) is 5.25 Å². The Morgan fingerprint density at radius 1 is 1.59 bits per heavy atom. The molecule has 1 aromatic carbocycles. The Labute approximate surface area is 142 Å². The van der Waals surface area contributed by atoms with Crippen molar-refractivity contribution in [3.8, 4) is 0 Å². The van der Waals surface area contributed by atoms with Crippen molar-refractivity contribution in [3.05, 3.63) is 33.0 Å². The van der Waals surface area contributed by atoms with Crippen LogP contribution in [0.25, 0.3) is 0 Å². The van der Waals surface area contributed by atoms with Crippen molar-refractivity contribution < 1.29 is 19.1 Å². The quantitative estimate of drug-likeness (QED) is 0.455. The SMILES string of the molecule is O=C(O)CC1SC(=NN=Cc2ccc(Br)c(Cl)c2F)NC1=O. The summed E-state index contributed by atoms with van der Waals surface area (Å²) in [5.41, 5.74) is 0.133. The van der Waals surface area contributed by atoms with Gasteiger partial charge in [-0.1, -0.05) is 23.4 Å². The highest BCUT2D eigenvalue weighted by atomic mass is 79.9. The van der Waals surface area contributed by atoms with E-state index in [1.807, 2.05) is 0 Å². The fourth-order valence-electron chi connectivity index (χ4n) is 1.53. The molecule has 116 valence electrons. The number of benzene rings is 1. The minimum absolute atomic E-state index is 0.0679. The number of hydrogen-bond acceptors (Lipinski definition) is 5. The largest absolute Gasteiger partial charge is 0.481 e. The average Bonchev–Trinajstić information content (AvgIpc) is 2.78. The van der Waals surface area contributed by atoms with Crippen molar-refractivity contribution >= 4 is 62.6 Å². The maximum atomic E-state index is 13.8. The van der Waals surface area contributed by atoms with Crippen molar-refractivity contribution in [3.63, 3.8) is 0 Å². The molecule has 2 N–H and O–H groups in total. The first-order valence-electron chi connectivity index (χ1n) is 5.82. The predicted molar refractivity (Wildman–Crippen MR) is 85.9 cm³/mol. The number of carboxylic acids is 1. The summed E-state index contributed by atoms with van der Waals surface area (Å²) in [5, 5.41) is 17.8. The summed E-state index contributed by atoms with van der Waals surface area (Å²) in [4.78, 5) is 22.1. The zero-order valence-electron chi connectivity index (χ0n) is 10.7. The predicted octanol–water partition coefficient (Wildman–Crippen LogP) is 2.64. The second-order valence-electron chi connectivity index (χ2n) is 4.11. The molecule has 1 saturated heterocycles. The van der Waals surface area contributed by atoms with Gasteiger partial charge in [-0.15, -0.1) is 5.10 Å². The molecule has 1 aliphatic heterocycles. The molecule has 1 aliphatic rings. The Morgan fingerprint density at radius 2 is 2.32 bits per heavy atom. The Morgan fingerprint density at radius 3 is 3.00 bits per heavy atom. The second kappa shape index (κ2) is 7.21. The third-order valence-electron chi connectivity index (χ3n) is 2.55. The van der Waals surface area contributed by atoms with Gasteiger partial charge in [0.15, 0.2) is 11.0 Å². The first-order valence-corrected chi connectivity index (χ1v) is 7.87. The molecule has 0 spiro atoms. The third-order valence-corrected chi connectivity index (χ3v) is 4.88. The van der Waals surface area contributed by atoms with Gasteiger partial charge in [0.05, 0.1) is 17.7 Å². The van der Waals surface area contributed by atoms with E-state index in [1.54, 1.807) is 6.07 Å². The van der Waals surface area contributed by atoms with Crippen LogP contribution in [0.15, 0.2) is 26.8 Å². The van der Waals surface area contributed by atoms with E-state index in [-0.39, 0.29) is 22.2 Å². The summed E-state index contributed by atoms with van der Waals surface area (Å²) in [6.07, 6.45) is 0.841. The molecular formula is C12H8BrClFN3O3S. The normalized spacial score (nSPS) is 19.9.